The van der Waals surface area contributed by atoms with E-state index in [1.165, 1.54) is 0 Å². The number of aryl methyl sites for hydroxylation is 1. The summed E-state index contributed by atoms with van der Waals surface area (Å²) in [5.41, 5.74) is 2.46. The zero-order valence-corrected chi connectivity index (χ0v) is 17.9. The van der Waals surface area contributed by atoms with Gasteiger partial charge in [-0.05, 0) is 55.5 Å². The minimum Gasteiger partial charge on any atom is -0.340 e. The number of rotatable bonds is 7. The number of amides is 2. The average Bonchev–Trinajstić information content (AvgIpc) is 3.51. The Balaban J connectivity index is 1.50. The van der Waals surface area contributed by atoms with Crippen LogP contribution in [-0.2, 0) is 0 Å². The maximum atomic E-state index is 13.0. The van der Waals surface area contributed by atoms with Gasteiger partial charge in [0, 0.05) is 22.7 Å². The fourth-order valence-electron chi connectivity index (χ4n) is 3.30. The van der Waals surface area contributed by atoms with Gasteiger partial charge in [-0.3, -0.25) is 9.59 Å². The topological polar surface area (TPSA) is 97.1 Å². The van der Waals surface area contributed by atoms with Gasteiger partial charge in [0.2, 0.25) is 5.89 Å². The summed E-state index contributed by atoms with van der Waals surface area (Å²) in [5.74, 6) is 1.11. The first-order valence-electron chi connectivity index (χ1n) is 10.5. The summed E-state index contributed by atoms with van der Waals surface area (Å²) in [6.45, 7) is 5.87. The number of aromatic nitrogens is 2. The molecule has 1 aliphatic carbocycles. The Morgan fingerprint density at radius 2 is 1.77 bits per heavy atom. The van der Waals surface area contributed by atoms with Crippen molar-refractivity contribution in [2.45, 2.75) is 45.6 Å². The summed E-state index contributed by atoms with van der Waals surface area (Å²) in [5, 5.41) is 9.96. The monoisotopic (exact) mass is 418 g/mol. The lowest BCUT2D eigenvalue weighted by atomic mass is 10.0. The predicted molar refractivity (Wildman–Crippen MR) is 117 cm³/mol. The van der Waals surface area contributed by atoms with Gasteiger partial charge < -0.3 is 15.2 Å². The first kappa shape index (κ1) is 20.8. The van der Waals surface area contributed by atoms with E-state index in [0.29, 0.717) is 28.6 Å². The van der Waals surface area contributed by atoms with Gasteiger partial charge in [-0.25, -0.2) is 0 Å². The molecule has 1 atom stereocenters. The lowest BCUT2D eigenvalue weighted by Crippen LogP contribution is -2.32. The third kappa shape index (κ3) is 4.82. The Morgan fingerprint density at radius 3 is 2.45 bits per heavy atom. The van der Waals surface area contributed by atoms with Gasteiger partial charge in [0.25, 0.3) is 11.8 Å². The molecule has 0 radical (unpaired) electrons. The second-order valence-electron chi connectivity index (χ2n) is 8.31. The molecule has 0 aliphatic heterocycles. The van der Waals surface area contributed by atoms with Crippen molar-refractivity contribution in [3.63, 3.8) is 0 Å². The standard InChI is InChI=1S/C24H26N4O3/c1-14(2)20(24-27-21(28-31-24)16-11-12-16)26-23(30)18-10-9-15(3)19(13-18)25-22(29)17-7-5-4-6-8-17/h4-10,13-14,16,20H,11-12H2,1-3H3,(H,25,29)(H,26,30). The molecule has 160 valence electrons. The SMILES string of the molecule is Cc1ccc(C(=O)NC(c2nc(C3CC3)no2)C(C)C)cc1NC(=O)c1ccccc1. The summed E-state index contributed by atoms with van der Waals surface area (Å²) in [4.78, 5) is 30.0. The van der Waals surface area contributed by atoms with Gasteiger partial charge >= 0.3 is 0 Å². The second kappa shape index (κ2) is 8.71. The van der Waals surface area contributed by atoms with Crippen LogP contribution in [0.4, 0.5) is 5.69 Å². The van der Waals surface area contributed by atoms with E-state index in [2.05, 4.69) is 20.8 Å². The number of carbonyl (C=O) groups excluding carboxylic acids is 2. The van der Waals surface area contributed by atoms with E-state index in [9.17, 15) is 9.59 Å². The normalized spacial score (nSPS) is 14.3. The predicted octanol–water partition coefficient (Wildman–Crippen LogP) is 4.63. The largest absolute Gasteiger partial charge is 0.340 e. The summed E-state index contributed by atoms with van der Waals surface area (Å²) in [6.07, 6.45) is 2.16. The number of hydrogen-bond donors (Lipinski definition) is 2. The van der Waals surface area contributed by atoms with E-state index >= 15 is 0 Å². The van der Waals surface area contributed by atoms with Gasteiger partial charge in [-0.2, -0.15) is 4.98 Å². The van der Waals surface area contributed by atoms with Crippen molar-refractivity contribution >= 4 is 17.5 Å². The molecule has 1 unspecified atom stereocenters. The lowest BCUT2D eigenvalue weighted by Gasteiger charge is -2.19. The number of carbonyl (C=O) groups is 2. The van der Waals surface area contributed by atoms with Crippen LogP contribution >= 0.6 is 0 Å². The fraction of sp³-hybridized carbons (Fsp3) is 0.333. The highest BCUT2D eigenvalue weighted by Gasteiger charge is 2.31. The molecule has 0 spiro atoms. The molecule has 0 saturated heterocycles. The van der Waals surface area contributed by atoms with Crippen LogP contribution in [0.5, 0.6) is 0 Å². The first-order chi connectivity index (χ1) is 14.9. The molecule has 31 heavy (non-hydrogen) atoms. The van der Waals surface area contributed by atoms with Gasteiger partial charge in [0.05, 0.1) is 0 Å². The van der Waals surface area contributed by atoms with Gasteiger partial charge in [0.15, 0.2) is 5.82 Å². The van der Waals surface area contributed by atoms with Crippen LogP contribution in [0.25, 0.3) is 0 Å². The molecular weight excluding hydrogens is 392 g/mol. The molecule has 3 aromatic rings. The quantitative estimate of drug-likeness (QED) is 0.583. The van der Waals surface area contributed by atoms with E-state index in [1.807, 2.05) is 45.0 Å². The molecule has 2 aromatic carbocycles. The van der Waals surface area contributed by atoms with Crippen molar-refractivity contribution in [2.24, 2.45) is 5.92 Å². The molecule has 2 amide bonds. The Morgan fingerprint density at radius 1 is 1.03 bits per heavy atom. The summed E-state index contributed by atoms with van der Waals surface area (Å²) in [6, 6.07) is 13.8. The Bertz CT molecular complexity index is 1090. The Labute approximate surface area is 181 Å². The number of nitrogens with one attached hydrogen (secondary N) is 2. The number of hydrogen-bond acceptors (Lipinski definition) is 5. The molecule has 1 aliphatic rings. The molecule has 0 bridgehead atoms. The maximum absolute atomic E-state index is 13.0. The molecule has 1 heterocycles. The molecule has 7 nitrogen and oxygen atoms in total. The Hall–Kier alpha value is -3.48. The third-order valence-electron chi connectivity index (χ3n) is 5.40. The minimum absolute atomic E-state index is 0.0687. The molecule has 7 heteroatoms. The molecular formula is C24H26N4O3. The van der Waals surface area contributed by atoms with Crippen molar-refractivity contribution in [3.05, 3.63) is 76.9 Å². The minimum atomic E-state index is -0.392. The van der Waals surface area contributed by atoms with Gasteiger partial charge in [0.1, 0.15) is 6.04 Å². The van der Waals surface area contributed by atoms with Crippen molar-refractivity contribution in [2.75, 3.05) is 5.32 Å². The third-order valence-corrected chi connectivity index (χ3v) is 5.40. The Kier molecular flexibility index (Phi) is 5.84. The van der Waals surface area contributed by atoms with Crippen molar-refractivity contribution in [1.82, 2.24) is 15.5 Å². The smallest absolute Gasteiger partial charge is 0.255 e. The zero-order valence-electron chi connectivity index (χ0n) is 17.9. The van der Waals surface area contributed by atoms with Gasteiger partial charge in [-0.1, -0.05) is 43.3 Å². The van der Waals surface area contributed by atoms with Crippen LogP contribution in [0.15, 0.2) is 53.1 Å². The highest BCUT2D eigenvalue weighted by molar-refractivity contribution is 6.05. The molecule has 4 rings (SSSR count). The van der Waals surface area contributed by atoms with Crippen molar-refractivity contribution in [1.29, 1.82) is 0 Å². The summed E-state index contributed by atoms with van der Waals surface area (Å²) < 4.78 is 5.44. The van der Waals surface area contributed by atoms with E-state index in [4.69, 9.17) is 4.52 Å². The molecule has 1 aromatic heterocycles. The van der Waals surface area contributed by atoms with Crippen molar-refractivity contribution in [3.8, 4) is 0 Å². The molecule has 1 fully saturated rings. The van der Waals surface area contributed by atoms with Crippen LogP contribution in [-0.4, -0.2) is 22.0 Å². The van der Waals surface area contributed by atoms with Crippen LogP contribution in [0, 0.1) is 12.8 Å². The van der Waals surface area contributed by atoms with Crippen LogP contribution in [0.3, 0.4) is 0 Å². The molecule has 1 saturated carbocycles. The zero-order chi connectivity index (χ0) is 22.0. The molecule has 2 N–H and O–H groups in total. The van der Waals surface area contributed by atoms with Crippen LogP contribution in [0.1, 0.15) is 76.6 Å². The van der Waals surface area contributed by atoms with E-state index in [0.717, 1.165) is 24.2 Å². The fourth-order valence-corrected chi connectivity index (χ4v) is 3.30. The van der Waals surface area contributed by atoms with E-state index in [1.54, 1.807) is 24.3 Å². The lowest BCUT2D eigenvalue weighted by molar-refractivity contribution is 0.0913. The number of anilines is 1. The first-order valence-corrected chi connectivity index (χ1v) is 10.5. The average molecular weight is 418 g/mol. The van der Waals surface area contributed by atoms with E-state index < -0.39 is 6.04 Å². The van der Waals surface area contributed by atoms with E-state index in [-0.39, 0.29) is 17.7 Å². The van der Waals surface area contributed by atoms with Crippen LogP contribution in [0.2, 0.25) is 0 Å². The van der Waals surface area contributed by atoms with Crippen LogP contribution < -0.4 is 10.6 Å². The number of benzene rings is 2. The maximum Gasteiger partial charge on any atom is 0.255 e. The number of nitrogens with zero attached hydrogens (tertiary/aromatic N) is 2. The summed E-state index contributed by atoms with van der Waals surface area (Å²) in [7, 11) is 0. The van der Waals surface area contributed by atoms with Crippen molar-refractivity contribution < 1.29 is 14.1 Å². The highest BCUT2D eigenvalue weighted by Crippen LogP contribution is 2.38. The second-order valence-corrected chi connectivity index (χ2v) is 8.31. The summed E-state index contributed by atoms with van der Waals surface area (Å²) >= 11 is 0. The van der Waals surface area contributed by atoms with Gasteiger partial charge in [-0.15, -0.1) is 0 Å². The highest BCUT2D eigenvalue weighted by atomic mass is 16.5.